The number of likely N-dealkylation sites (N-methyl/N-ethyl adjacent to an activating group) is 1. The third-order valence-corrected chi connectivity index (χ3v) is 6.98. The third kappa shape index (κ3) is 6.13. The molecule has 4 rings (SSSR count). The lowest BCUT2D eigenvalue weighted by Crippen LogP contribution is -2.37. The van der Waals surface area contributed by atoms with Gasteiger partial charge < -0.3 is 15.0 Å². The summed E-state index contributed by atoms with van der Waals surface area (Å²) >= 11 is 9.28. The Balaban J connectivity index is 1.57. The molecule has 1 N–H and O–H groups in total. The highest BCUT2D eigenvalue weighted by Crippen LogP contribution is 2.31. The summed E-state index contributed by atoms with van der Waals surface area (Å²) in [4.78, 5) is 40.8. The molecule has 4 aromatic rings. The molecule has 0 saturated carbocycles. The van der Waals surface area contributed by atoms with Gasteiger partial charge in [0, 0.05) is 36.7 Å². The van der Waals surface area contributed by atoms with Gasteiger partial charge in [0.05, 0.1) is 16.4 Å². The van der Waals surface area contributed by atoms with E-state index < -0.39 is 23.2 Å². The molecule has 2 amide bonds. The van der Waals surface area contributed by atoms with Gasteiger partial charge in [0.15, 0.2) is 0 Å². The molecule has 8 nitrogen and oxygen atoms in total. The Bertz CT molecular complexity index is 1640. The molecule has 0 aliphatic heterocycles. The molecule has 0 fully saturated rings. The normalized spacial score (nSPS) is 11.0. The maximum absolute atomic E-state index is 13.6. The Morgan fingerprint density at radius 1 is 1.10 bits per heavy atom. The smallest absolute Gasteiger partial charge is 0.314 e. The van der Waals surface area contributed by atoms with Gasteiger partial charge in [-0.2, -0.15) is 0 Å². The van der Waals surface area contributed by atoms with Crippen LogP contribution in [-0.2, 0) is 23.2 Å². The fourth-order valence-electron chi connectivity index (χ4n) is 4.35. The first kappa shape index (κ1) is 29.1. The molecule has 0 saturated heterocycles. The minimum absolute atomic E-state index is 0.0177. The molecule has 208 valence electrons. The number of benzene rings is 3. The SMILES string of the molecule is CC(C)c1c(NC(=O)C(=O)N(C)Cc2ccc(Br)cc2Oc2ccc(F)c(Cl)c2)c(=O)n(-c2ccccc2)n1C. The number of nitrogens with one attached hydrogen (secondary N) is 1. The van der Waals surface area contributed by atoms with Crippen LogP contribution in [0, 0.1) is 5.82 Å². The average molecular weight is 630 g/mol. The molecule has 0 aliphatic carbocycles. The van der Waals surface area contributed by atoms with Crippen LogP contribution in [0.4, 0.5) is 10.1 Å². The molecule has 1 aromatic heterocycles. The zero-order valence-corrected chi connectivity index (χ0v) is 24.6. The number of nitrogens with zero attached hydrogens (tertiary/aromatic N) is 3. The molecule has 11 heteroatoms. The van der Waals surface area contributed by atoms with Crippen LogP contribution in [0.15, 0.2) is 76.0 Å². The van der Waals surface area contributed by atoms with E-state index in [4.69, 9.17) is 16.3 Å². The highest BCUT2D eigenvalue weighted by atomic mass is 79.9. The maximum atomic E-state index is 13.6. The monoisotopic (exact) mass is 628 g/mol. The van der Waals surface area contributed by atoms with Crippen LogP contribution in [0.1, 0.15) is 31.0 Å². The second-order valence-electron chi connectivity index (χ2n) is 9.44. The van der Waals surface area contributed by atoms with Crippen molar-refractivity contribution >= 4 is 45.0 Å². The molecule has 1 heterocycles. The summed E-state index contributed by atoms with van der Waals surface area (Å²) in [7, 11) is 3.20. The molecule has 0 radical (unpaired) electrons. The van der Waals surface area contributed by atoms with Crippen LogP contribution in [0.3, 0.4) is 0 Å². The second-order valence-corrected chi connectivity index (χ2v) is 10.8. The van der Waals surface area contributed by atoms with Gasteiger partial charge in [-0.05, 0) is 42.3 Å². The largest absolute Gasteiger partial charge is 0.457 e. The highest BCUT2D eigenvalue weighted by molar-refractivity contribution is 9.10. The Labute approximate surface area is 244 Å². The van der Waals surface area contributed by atoms with E-state index in [9.17, 15) is 18.8 Å². The molecule has 40 heavy (non-hydrogen) atoms. The first-order valence-corrected chi connectivity index (χ1v) is 13.5. The number of para-hydroxylation sites is 1. The number of carbonyl (C=O) groups excluding carboxylic acids is 2. The van der Waals surface area contributed by atoms with Crippen molar-refractivity contribution in [1.82, 2.24) is 14.3 Å². The van der Waals surface area contributed by atoms with Crippen molar-refractivity contribution in [2.45, 2.75) is 26.3 Å². The summed E-state index contributed by atoms with van der Waals surface area (Å²) in [6.07, 6.45) is 0. The van der Waals surface area contributed by atoms with Gasteiger partial charge in [0.25, 0.3) is 5.56 Å². The number of amides is 2. The first-order chi connectivity index (χ1) is 19.0. The molecular weight excluding hydrogens is 603 g/mol. The van der Waals surface area contributed by atoms with E-state index in [1.54, 1.807) is 42.1 Å². The number of hydrogen-bond donors (Lipinski definition) is 1. The predicted molar refractivity (Wildman–Crippen MR) is 156 cm³/mol. The van der Waals surface area contributed by atoms with Gasteiger partial charge in [-0.3, -0.25) is 19.1 Å². The van der Waals surface area contributed by atoms with Crippen LogP contribution >= 0.6 is 27.5 Å². The standard InChI is InChI=1S/C29H27BrClFN4O4/c1-17(2)26-25(28(38)36(35(26)4)20-8-6-5-7-9-20)33-27(37)29(39)34(3)16-18-10-11-19(30)14-24(18)40-21-12-13-23(32)22(31)15-21/h5-15,17H,16H2,1-4H3,(H,33,37). The topological polar surface area (TPSA) is 85.6 Å². The lowest BCUT2D eigenvalue weighted by Gasteiger charge is -2.19. The Hall–Kier alpha value is -3.89. The number of halogens is 3. The van der Waals surface area contributed by atoms with E-state index in [1.165, 1.54) is 34.8 Å². The quantitative estimate of drug-likeness (QED) is 0.245. The van der Waals surface area contributed by atoms with Gasteiger partial charge in [-0.25, -0.2) is 9.07 Å². The van der Waals surface area contributed by atoms with E-state index in [0.717, 1.165) is 0 Å². The van der Waals surface area contributed by atoms with Crippen molar-refractivity contribution in [2.24, 2.45) is 7.05 Å². The lowest BCUT2D eigenvalue weighted by atomic mass is 10.1. The van der Waals surface area contributed by atoms with E-state index in [1.807, 2.05) is 32.0 Å². The van der Waals surface area contributed by atoms with Gasteiger partial charge in [0.1, 0.15) is 23.0 Å². The second kappa shape index (κ2) is 12.1. The molecule has 0 unspecified atom stereocenters. The number of rotatable bonds is 7. The molecule has 0 atom stereocenters. The number of hydrogen-bond acceptors (Lipinski definition) is 4. The number of ether oxygens (including phenoxy) is 1. The number of carbonyl (C=O) groups is 2. The number of anilines is 1. The van der Waals surface area contributed by atoms with E-state index >= 15 is 0 Å². The minimum atomic E-state index is -0.947. The average Bonchev–Trinajstić information content (AvgIpc) is 3.16. The maximum Gasteiger partial charge on any atom is 0.314 e. The Morgan fingerprint density at radius 2 is 1.80 bits per heavy atom. The van der Waals surface area contributed by atoms with E-state index in [-0.39, 0.29) is 23.2 Å². The minimum Gasteiger partial charge on any atom is -0.457 e. The van der Waals surface area contributed by atoms with Crippen molar-refractivity contribution in [3.05, 3.63) is 104 Å². The van der Waals surface area contributed by atoms with Crippen molar-refractivity contribution < 1.29 is 18.7 Å². The molecular formula is C29H27BrClFN4O4. The van der Waals surface area contributed by atoms with Crippen molar-refractivity contribution in [3.63, 3.8) is 0 Å². The van der Waals surface area contributed by atoms with Crippen molar-refractivity contribution in [1.29, 1.82) is 0 Å². The van der Waals surface area contributed by atoms with Crippen molar-refractivity contribution in [3.8, 4) is 17.2 Å². The fraction of sp³-hybridized carbons (Fsp3) is 0.207. The summed E-state index contributed by atoms with van der Waals surface area (Å²) in [6, 6.07) is 18.2. The van der Waals surface area contributed by atoms with Crippen LogP contribution in [0.25, 0.3) is 5.69 Å². The summed E-state index contributed by atoms with van der Waals surface area (Å²) in [6.45, 7) is 3.82. The summed E-state index contributed by atoms with van der Waals surface area (Å²) < 4.78 is 23.3. The Kier molecular flexibility index (Phi) is 8.80. The zero-order chi connectivity index (χ0) is 29.1. The molecule has 3 aromatic carbocycles. The van der Waals surface area contributed by atoms with Crippen LogP contribution in [0.5, 0.6) is 11.5 Å². The summed E-state index contributed by atoms with van der Waals surface area (Å²) in [5.74, 6) is -1.80. The van der Waals surface area contributed by atoms with Crippen LogP contribution in [-0.4, -0.2) is 33.1 Å². The summed E-state index contributed by atoms with van der Waals surface area (Å²) in [5, 5.41) is 2.47. The van der Waals surface area contributed by atoms with Crippen molar-refractivity contribution in [2.75, 3.05) is 12.4 Å². The molecule has 0 aliphatic rings. The zero-order valence-electron chi connectivity index (χ0n) is 22.2. The molecule has 0 spiro atoms. The number of aromatic nitrogens is 2. The van der Waals surface area contributed by atoms with Gasteiger partial charge in [0.2, 0.25) is 0 Å². The first-order valence-electron chi connectivity index (χ1n) is 12.3. The predicted octanol–water partition coefficient (Wildman–Crippen LogP) is 6.24. The fourth-order valence-corrected chi connectivity index (χ4v) is 4.86. The summed E-state index contributed by atoms with van der Waals surface area (Å²) in [5.41, 5.74) is 1.41. The van der Waals surface area contributed by atoms with E-state index in [0.29, 0.717) is 32.9 Å². The van der Waals surface area contributed by atoms with Crippen LogP contribution < -0.4 is 15.6 Å². The van der Waals surface area contributed by atoms with Crippen LogP contribution in [0.2, 0.25) is 5.02 Å². The van der Waals surface area contributed by atoms with Gasteiger partial charge >= 0.3 is 11.8 Å². The highest BCUT2D eigenvalue weighted by Gasteiger charge is 2.27. The van der Waals surface area contributed by atoms with Gasteiger partial charge in [-0.15, -0.1) is 0 Å². The molecule has 0 bridgehead atoms. The van der Waals surface area contributed by atoms with Gasteiger partial charge in [-0.1, -0.05) is 65.6 Å². The van der Waals surface area contributed by atoms with E-state index in [2.05, 4.69) is 21.2 Å². The third-order valence-electron chi connectivity index (χ3n) is 6.19. The Morgan fingerprint density at radius 3 is 2.45 bits per heavy atom. The lowest BCUT2D eigenvalue weighted by molar-refractivity contribution is -0.142.